The van der Waals surface area contributed by atoms with Gasteiger partial charge in [0.05, 0.1) is 7.11 Å². The van der Waals surface area contributed by atoms with Gasteiger partial charge >= 0.3 is 0 Å². The molecule has 176 valence electrons. The van der Waals surface area contributed by atoms with Crippen LogP contribution in [0.1, 0.15) is 47.4 Å². The molecule has 0 spiro atoms. The third-order valence-corrected chi connectivity index (χ3v) is 5.99. The second kappa shape index (κ2) is 11.2. The third-order valence-electron chi connectivity index (χ3n) is 5.74. The summed E-state index contributed by atoms with van der Waals surface area (Å²) in [6.45, 7) is 4.78. The summed E-state index contributed by atoms with van der Waals surface area (Å²) in [5.41, 5.74) is 1.04. The van der Waals surface area contributed by atoms with Gasteiger partial charge < -0.3 is 20.3 Å². The number of amides is 3. The van der Waals surface area contributed by atoms with Crippen molar-refractivity contribution in [3.63, 3.8) is 0 Å². The molecule has 1 atom stereocenters. The molecule has 8 heteroatoms. The zero-order valence-electron chi connectivity index (χ0n) is 19.1. The largest absolute Gasteiger partial charge is 0.497 e. The average molecular weight is 472 g/mol. The van der Waals surface area contributed by atoms with E-state index in [2.05, 4.69) is 10.6 Å². The van der Waals surface area contributed by atoms with Crippen LogP contribution in [0.25, 0.3) is 0 Å². The highest BCUT2D eigenvalue weighted by atomic mass is 35.5. The Balaban J connectivity index is 1.68. The zero-order chi connectivity index (χ0) is 24.0. The van der Waals surface area contributed by atoms with E-state index >= 15 is 0 Å². The van der Waals surface area contributed by atoms with Gasteiger partial charge in [0.2, 0.25) is 5.91 Å². The number of piperidine rings is 1. The zero-order valence-corrected chi connectivity index (χ0v) is 19.9. The summed E-state index contributed by atoms with van der Waals surface area (Å²) in [6, 6.07) is 12.8. The topological polar surface area (TPSA) is 87.7 Å². The van der Waals surface area contributed by atoms with Crippen LogP contribution in [0, 0.1) is 5.92 Å². The smallest absolute Gasteiger partial charge is 0.253 e. The molecular weight excluding hydrogens is 442 g/mol. The summed E-state index contributed by atoms with van der Waals surface area (Å²) in [5, 5.41) is 6.41. The molecule has 3 amide bonds. The summed E-state index contributed by atoms with van der Waals surface area (Å²) < 4.78 is 5.14. The standard InChI is InChI=1S/C25H30ClN3O4/c1-16(2)27-24(31)22(28-23(30)18-6-10-21(33-3)11-7-18)17-12-14-29(15-13-17)25(32)19-4-8-20(26)9-5-19/h4-11,16-17,22H,12-15H2,1-3H3,(H,27,31)(H,28,30). The quantitative estimate of drug-likeness (QED) is 0.646. The number of rotatable bonds is 7. The Morgan fingerprint density at radius 3 is 2.06 bits per heavy atom. The molecule has 3 rings (SSSR count). The first-order valence-electron chi connectivity index (χ1n) is 11.1. The van der Waals surface area contributed by atoms with Gasteiger partial charge in [0, 0.05) is 35.3 Å². The van der Waals surface area contributed by atoms with Gasteiger partial charge in [0.25, 0.3) is 11.8 Å². The normalized spacial score (nSPS) is 15.1. The molecule has 7 nitrogen and oxygen atoms in total. The maximum atomic E-state index is 13.0. The number of halogens is 1. The molecule has 1 heterocycles. The van der Waals surface area contributed by atoms with Crippen LogP contribution < -0.4 is 15.4 Å². The fourth-order valence-corrected chi connectivity index (χ4v) is 4.08. The SMILES string of the molecule is COc1ccc(C(=O)NC(C(=O)NC(C)C)C2CCN(C(=O)c3ccc(Cl)cc3)CC2)cc1. The maximum Gasteiger partial charge on any atom is 0.253 e. The molecule has 33 heavy (non-hydrogen) atoms. The van der Waals surface area contributed by atoms with Crippen LogP contribution in [0.2, 0.25) is 5.02 Å². The molecule has 2 N–H and O–H groups in total. The maximum absolute atomic E-state index is 13.0. The highest BCUT2D eigenvalue weighted by Crippen LogP contribution is 2.24. The van der Waals surface area contributed by atoms with E-state index in [1.54, 1.807) is 60.5 Å². The predicted octanol–water partition coefficient (Wildman–Crippen LogP) is 3.52. The van der Waals surface area contributed by atoms with Crippen LogP contribution in [0.3, 0.4) is 0 Å². The lowest BCUT2D eigenvalue weighted by molar-refractivity contribution is -0.125. The number of ether oxygens (including phenoxy) is 1. The van der Waals surface area contributed by atoms with Gasteiger partial charge in [0.15, 0.2) is 0 Å². The highest BCUT2D eigenvalue weighted by Gasteiger charge is 2.34. The molecule has 2 aromatic carbocycles. The number of likely N-dealkylation sites (tertiary alicyclic amines) is 1. The van der Waals surface area contributed by atoms with Gasteiger partial charge in [-0.15, -0.1) is 0 Å². The van der Waals surface area contributed by atoms with E-state index in [1.807, 2.05) is 13.8 Å². The molecule has 0 bridgehead atoms. The molecule has 0 aromatic heterocycles. The summed E-state index contributed by atoms with van der Waals surface area (Å²) in [7, 11) is 1.56. The van der Waals surface area contributed by atoms with Gasteiger partial charge in [-0.3, -0.25) is 14.4 Å². The summed E-state index contributed by atoms with van der Waals surface area (Å²) in [5.74, 6) is -0.0234. The lowest BCUT2D eigenvalue weighted by Gasteiger charge is -2.36. The van der Waals surface area contributed by atoms with E-state index in [9.17, 15) is 14.4 Å². The van der Waals surface area contributed by atoms with Crippen LogP contribution in [-0.4, -0.2) is 54.9 Å². The minimum absolute atomic E-state index is 0.0514. The van der Waals surface area contributed by atoms with Crippen molar-refractivity contribution in [1.82, 2.24) is 15.5 Å². The number of hydrogen-bond acceptors (Lipinski definition) is 4. The van der Waals surface area contributed by atoms with E-state index in [0.717, 1.165) is 0 Å². The molecule has 1 aliphatic heterocycles. The molecule has 1 unspecified atom stereocenters. The van der Waals surface area contributed by atoms with E-state index in [1.165, 1.54) is 0 Å². The van der Waals surface area contributed by atoms with Crippen molar-refractivity contribution in [1.29, 1.82) is 0 Å². The first-order valence-corrected chi connectivity index (χ1v) is 11.5. The molecule has 0 aliphatic carbocycles. The van der Waals surface area contributed by atoms with E-state index in [4.69, 9.17) is 16.3 Å². The molecule has 1 aliphatic rings. The van der Waals surface area contributed by atoms with Crippen molar-refractivity contribution < 1.29 is 19.1 Å². The number of nitrogens with zero attached hydrogens (tertiary/aromatic N) is 1. The number of hydrogen-bond donors (Lipinski definition) is 2. The lowest BCUT2D eigenvalue weighted by Crippen LogP contribution is -2.54. The minimum atomic E-state index is -0.685. The Hall–Kier alpha value is -3.06. The second-order valence-electron chi connectivity index (χ2n) is 8.48. The molecular formula is C25H30ClN3O4. The van der Waals surface area contributed by atoms with Crippen molar-refractivity contribution in [3.8, 4) is 5.75 Å². The average Bonchev–Trinajstić information content (AvgIpc) is 2.82. The van der Waals surface area contributed by atoms with Crippen LogP contribution in [0.4, 0.5) is 0 Å². The first kappa shape index (κ1) is 24.6. The van der Waals surface area contributed by atoms with Gasteiger partial charge in [0.1, 0.15) is 11.8 Å². The second-order valence-corrected chi connectivity index (χ2v) is 8.92. The monoisotopic (exact) mass is 471 g/mol. The third kappa shape index (κ3) is 6.48. The Kier molecular flexibility index (Phi) is 8.33. The Labute approximate surface area is 199 Å². The fraction of sp³-hybridized carbons (Fsp3) is 0.400. The number of carbonyl (C=O) groups is 3. The van der Waals surface area contributed by atoms with E-state index < -0.39 is 6.04 Å². The van der Waals surface area contributed by atoms with Crippen LogP contribution in [0.5, 0.6) is 5.75 Å². The van der Waals surface area contributed by atoms with Crippen LogP contribution in [0.15, 0.2) is 48.5 Å². The summed E-state index contributed by atoms with van der Waals surface area (Å²) in [6.07, 6.45) is 1.22. The van der Waals surface area contributed by atoms with Gasteiger partial charge in [-0.1, -0.05) is 11.6 Å². The summed E-state index contributed by atoms with van der Waals surface area (Å²) >= 11 is 5.92. The predicted molar refractivity (Wildman–Crippen MR) is 128 cm³/mol. The number of nitrogens with one attached hydrogen (secondary N) is 2. The molecule has 0 radical (unpaired) electrons. The van der Waals surface area contributed by atoms with Gasteiger partial charge in [-0.05, 0) is 81.1 Å². The number of benzene rings is 2. The van der Waals surface area contributed by atoms with Crippen molar-refractivity contribution in [2.24, 2.45) is 5.92 Å². The number of methoxy groups -OCH3 is 1. The van der Waals surface area contributed by atoms with Crippen molar-refractivity contribution in [3.05, 3.63) is 64.7 Å². The van der Waals surface area contributed by atoms with E-state index in [-0.39, 0.29) is 29.7 Å². The van der Waals surface area contributed by atoms with Crippen molar-refractivity contribution >= 4 is 29.3 Å². The molecule has 1 saturated heterocycles. The number of carbonyl (C=O) groups excluding carboxylic acids is 3. The fourth-order valence-electron chi connectivity index (χ4n) is 3.95. The Morgan fingerprint density at radius 2 is 1.52 bits per heavy atom. The van der Waals surface area contributed by atoms with Gasteiger partial charge in [-0.25, -0.2) is 0 Å². The molecule has 2 aromatic rings. The Bertz CT molecular complexity index is 968. The first-order chi connectivity index (χ1) is 15.8. The van der Waals surface area contributed by atoms with Crippen molar-refractivity contribution in [2.45, 2.75) is 38.8 Å². The van der Waals surface area contributed by atoms with Gasteiger partial charge in [-0.2, -0.15) is 0 Å². The Morgan fingerprint density at radius 1 is 0.939 bits per heavy atom. The van der Waals surface area contributed by atoms with Crippen LogP contribution in [-0.2, 0) is 4.79 Å². The lowest BCUT2D eigenvalue weighted by atomic mass is 9.88. The minimum Gasteiger partial charge on any atom is -0.497 e. The van der Waals surface area contributed by atoms with E-state index in [0.29, 0.717) is 47.8 Å². The highest BCUT2D eigenvalue weighted by molar-refractivity contribution is 6.30. The molecule has 1 fully saturated rings. The van der Waals surface area contributed by atoms with Crippen LogP contribution >= 0.6 is 11.6 Å². The van der Waals surface area contributed by atoms with Crippen molar-refractivity contribution in [2.75, 3.05) is 20.2 Å². The molecule has 0 saturated carbocycles. The summed E-state index contributed by atoms with van der Waals surface area (Å²) in [4.78, 5) is 40.4.